The molecule has 0 aliphatic carbocycles. The van der Waals surface area contributed by atoms with Gasteiger partial charge in [-0.25, -0.2) is 9.18 Å². The first-order valence-electron chi connectivity index (χ1n) is 10.2. The van der Waals surface area contributed by atoms with Gasteiger partial charge in [0.2, 0.25) is 5.91 Å². The Hall–Kier alpha value is -3.46. The van der Waals surface area contributed by atoms with Crippen LogP contribution in [0.25, 0.3) is 0 Å². The Morgan fingerprint density at radius 3 is 2.55 bits per heavy atom. The largest absolute Gasteiger partial charge is 0.481 e. The lowest BCUT2D eigenvalue weighted by Crippen LogP contribution is -2.55. The molecule has 1 aliphatic rings. The number of anilines is 1. The number of aryl methyl sites for hydroxylation is 1. The molecule has 8 nitrogen and oxygen atoms in total. The number of fused-ring (bicyclic) bond motifs is 1. The van der Waals surface area contributed by atoms with Gasteiger partial charge in [0.25, 0.3) is 0 Å². The van der Waals surface area contributed by atoms with E-state index in [4.69, 9.17) is 21.4 Å². The predicted octanol–water partition coefficient (Wildman–Crippen LogP) is 3.30. The van der Waals surface area contributed by atoms with Crippen LogP contribution in [0.5, 0.6) is 0 Å². The van der Waals surface area contributed by atoms with Gasteiger partial charge in [0.1, 0.15) is 25.4 Å². The van der Waals surface area contributed by atoms with Crippen molar-refractivity contribution < 1.29 is 33.4 Å². The summed E-state index contributed by atoms with van der Waals surface area (Å²) < 4.78 is 18.3. The summed E-state index contributed by atoms with van der Waals surface area (Å²) in [4.78, 5) is 50.1. The molecular formula is C23H22ClFN2O6. The highest BCUT2D eigenvalue weighted by molar-refractivity contribution is 6.31. The molecule has 2 aromatic carbocycles. The highest BCUT2D eigenvalue weighted by Gasteiger charge is 2.38. The number of hydrogen-bond acceptors (Lipinski definition) is 5. The number of carbonyl (C=O) groups excluding carboxylic acids is 3. The summed E-state index contributed by atoms with van der Waals surface area (Å²) in [5, 5.41) is 11.7. The smallest absolute Gasteiger partial charge is 0.415 e. The summed E-state index contributed by atoms with van der Waals surface area (Å²) in [5.74, 6) is -3.20. The number of carboxylic acid groups (broad SMARTS) is 1. The average molecular weight is 477 g/mol. The molecule has 0 spiro atoms. The molecule has 0 fully saturated rings. The molecule has 1 unspecified atom stereocenters. The van der Waals surface area contributed by atoms with Crippen molar-refractivity contribution >= 4 is 41.0 Å². The molecule has 0 bridgehead atoms. The van der Waals surface area contributed by atoms with E-state index in [0.29, 0.717) is 22.7 Å². The molecule has 2 amide bonds. The van der Waals surface area contributed by atoms with Crippen LogP contribution in [0.15, 0.2) is 48.5 Å². The van der Waals surface area contributed by atoms with Gasteiger partial charge in [-0.1, -0.05) is 48.0 Å². The number of halogens is 2. The quantitative estimate of drug-likeness (QED) is 0.604. The highest BCUT2D eigenvalue weighted by Crippen LogP contribution is 2.32. The van der Waals surface area contributed by atoms with Crippen molar-refractivity contribution in [2.24, 2.45) is 0 Å². The number of alkyl halides is 1. The van der Waals surface area contributed by atoms with Gasteiger partial charge in [-0.3, -0.25) is 19.3 Å². The van der Waals surface area contributed by atoms with Crippen LogP contribution in [0.2, 0.25) is 5.02 Å². The topological polar surface area (TPSA) is 113 Å². The van der Waals surface area contributed by atoms with Crippen molar-refractivity contribution in [3.63, 3.8) is 0 Å². The van der Waals surface area contributed by atoms with E-state index in [9.17, 15) is 23.6 Å². The maximum absolute atomic E-state index is 13.1. The molecule has 0 saturated carbocycles. The average Bonchev–Trinajstić information content (AvgIpc) is 2.81. The molecule has 2 atom stereocenters. The summed E-state index contributed by atoms with van der Waals surface area (Å²) in [7, 11) is 0. The third-order valence-corrected chi connectivity index (χ3v) is 5.64. The highest BCUT2D eigenvalue weighted by atomic mass is 35.5. The number of benzene rings is 2. The number of nitrogens with one attached hydrogen (secondary N) is 1. The predicted molar refractivity (Wildman–Crippen MR) is 118 cm³/mol. The molecule has 174 valence electrons. The van der Waals surface area contributed by atoms with Crippen molar-refractivity contribution in [2.75, 3.05) is 11.6 Å². The minimum absolute atomic E-state index is 0.131. The maximum Gasteiger partial charge on any atom is 0.415 e. The van der Waals surface area contributed by atoms with Crippen LogP contribution in [0.3, 0.4) is 0 Å². The fourth-order valence-corrected chi connectivity index (χ4v) is 3.82. The van der Waals surface area contributed by atoms with Gasteiger partial charge in [-0.2, -0.15) is 0 Å². The van der Waals surface area contributed by atoms with Crippen LogP contribution < -0.4 is 10.2 Å². The number of nitrogens with zero attached hydrogens (tertiary/aromatic N) is 1. The van der Waals surface area contributed by atoms with Crippen molar-refractivity contribution in [1.29, 1.82) is 0 Å². The Kier molecular flexibility index (Phi) is 8.00. The van der Waals surface area contributed by atoms with Gasteiger partial charge < -0.3 is 15.2 Å². The third-order valence-electron chi connectivity index (χ3n) is 5.27. The Morgan fingerprint density at radius 2 is 1.85 bits per heavy atom. The number of ketones is 1. The van der Waals surface area contributed by atoms with E-state index in [2.05, 4.69) is 5.32 Å². The zero-order chi connectivity index (χ0) is 24.0. The fraction of sp³-hybridized carbons (Fsp3) is 0.304. The minimum atomic E-state index is -1.54. The Morgan fingerprint density at radius 1 is 1.15 bits per heavy atom. The number of aliphatic carboxylic acids is 1. The van der Waals surface area contributed by atoms with Crippen LogP contribution in [0.1, 0.15) is 24.0 Å². The second kappa shape index (κ2) is 10.9. The van der Waals surface area contributed by atoms with E-state index in [-0.39, 0.29) is 13.0 Å². The van der Waals surface area contributed by atoms with Gasteiger partial charge in [-0.05, 0) is 30.5 Å². The molecule has 0 aromatic heterocycles. The van der Waals surface area contributed by atoms with E-state index in [1.165, 1.54) is 4.90 Å². The molecule has 2 N–H and O–H groups in total. The van der Waals surface area contributed by atoms with Crippen LogP contribution in [-0.2, 0) is 32.1 Å². The molecule has 0 saturated heterocycles. The standard InChI is InChI=1S/C23H22ClFN2O6/c24-16-7-3-1-6-15(16)13-33-23(32)27-18-8-4-2-5-14(18)9-10-19(27)22(31)26-17(11-21(29)30)20(28)12-25/h1-8,17,19H,9-13H2,(H,26,31)(H,29,30)/t17?,19-/m0/s1. The zero-order valence-corrected chi connectivity index (χ0v) is 18.3. The number of rotatable bonds is 8. The maximum atomic E-state index is 13.1. The van der Waals surface area contributed by atoms with Crippen LogP contribution in [0, 0.1) is 0 Å². The summed E-state index contributed by atoms with van der Waals surface area (Å²) in [6.07, 6.45) is -0.917. The number of carboxylic acids is 1. The minimum Gasteiger partial charge on any atom is -0.481 e. The summed E-state index contributed by atoms with van der Waals surface area (Å²) in [5.41, 5.74) is 1.85. The summed E-state index contributed by atoms with van der Waals surface area (Å²) in [6, 6.07) is 11.2. The normalized spacial score (nSPS) is 15.8. The lowest BCUT2D eigenvalue weighted by molar-refractivity contribution is -0.140. The van der Waals surface area contributed by atoms with Crippen LogP contribution in [0.4, 0.5) is 14.9 Å². The van der Waals surface area contributed by atoms with Crippen molar-refractivity contribution in [1.82, 2.24) is 5.32 Å². The Bertz CT molecular complexity index is 1060. The zero-order valence-electron chi connectivity index (χ0n) is 17.5. The van der Waals surface area contributed by atoms with Gasteiger partial charge in [0.05, 0.1) is 12.1 Å². The van der Waals surface area contributed by atoms with Gasteiger partial charge >= 0.3 is 12.1 Å². The number of amides is 2. The van der Waals surface area contributed by atoms with E-state index in [0.717, 1.165) is 5.56 Å². The van der Waals surface area contributed by atoms with Gasteiger partial charge in [-0.15, -0.1) is 0 Å². The monoisotopic (exact) mass is 476 g/mol. The molecule has 1 aliphatic heterocycles. The van der Waals surface area contributed by atoms with E-state index in [1.807, 2.05) is 6.07 Å². The molecular weight excluding hydrogens is 455 g/mol. The first-order valence-corrected chi connectivity index (χ1v) is 10.6. The van der Waals surface area contributed by atoms with Crippen molar-refractivity contribution in [2.45, 2.75) is 38.0 Å². The number of ether oxygens (including phenoxy) is 1. The van der Waals surface area contributed by atoms with Crippen molar-refractivity contribution in [3.8, 4) is 0 Å². The van der Waals surface area contributed by atoms with Crippen LogP contribution in [-0.4, -0.2) is 47.6 Å². The third kappa shape index (κ3) is 5.87. The molecule has 0 radical (unpaired) electrons. The Balaban J connectivity index is 1.84. The van der Waals surface area contributed by atoms with E-state index >= 15 is 0 Å². The second-order valence-corrected chi connectivity index (χ2v) is 7.87. The number of hydrogen-bond donors (Lipinski definition) is 2. The molecule has 1 heterocycles. The van der Waals surface area contributed by atoms with Crippen LogP contribution >= 0.6 is 11.6 Å². The summed E-state index contributed by atoms with van der Waals surface area (Å²) in [6.45, 7) is -1.55. The lowest BCUT2D eigenvalue weighted by atomic mass is 9.95. The second-order valence-electron chi connectivity index (χ2n) is 7.46. The first-order chi connectivity index (χ1) is 15.8. The number of para-hydroxylation sites is 1. The van der Waals surface area contributed by atoms with E-state index in [1.54, 1.807) is 42.5 Å². The molecule has 33 heavy (non-hydrogen) atoms. The number of Topliss-reactive ketones (excluding diaryl/α,β-unsaturated/α-hetero) is 1. The summed E-state index contributed by atoms with van der Waals surface area (Å²) >= 11 is 6.12. The lowest BCUT2D eigenvalue weighted by Gasteiger charge is -2.36. The molecule has 3 rings (SSSR count). The van der Waals surface area contributed by atoms with Gasteiger partial charge in [0, 0.05) is 10.6 Å². The van der Waals surface area contributed by atoms with Gasteiger partial charge in [0.15, 0.2) is 5.78 Å². The Labute approximate surface area is 194 Å². The van der Waals surface area contributed by atoms with E-state index < -0.39 is 48.9 Å². The fourth-order valence-electron chi connectivity index (χ4n) is 3.63. The van der Waals surface area contributed by atoms with Crippen molar-refractivity contribution in [3.05, 3.63) is 64.7 Å². The molecule has 10 heteroatoms. The SMILES string of the molecule is O=C(O)CC(NC(=O)[C@@H]1CCc2ccccc2N1C(=O)OCc1ccccc1Cl)C(=O)CF. The molecule has 2 aromatic rings. The number of carbonyl (C=O) groups is 4. The first kappa shape index (κ1) is 24.2.